The molecular weight excluding hydrogens is 610 g/mol. The number of amides is 2. The first kappa shape index (κ1) is 26.4. The van der Waals surface area contributed by atoms with Crippen molar-refractivity contribution in [3.63, 3.8) is 0 Å². The summed E-state index contributed by atoms with van der Waals surface area (Å²) in [7, 11) is 0. The van der Waals surface area contributed by atoms with Gasteiger partial charge >= 0.3 is 0 Å². The molecule has 13 heteroatoms. The molecule has 37 heavy (non-hydrogen) atoms. The Balaban J connectivity index is 1.33. The summed E-state index contributed by atoms with van der Waals surface area (Å²) in [6, 6.07) is 11.1. The molecule has 0 spiro atoms. The van der Waals surface area contributed by atoms with E-state index in [1.807, 2.05) is 0 Å². The lowest BCUT2D eigenvalue weighted by molar-refractivity contribution is -0.117. The monoisotopic (exact) mass is 619 g/mol. The predicted octanol–water partition coefficient (Wildman–Crippen LogP) is 8.31. The molecule has 2 amide bonds. The van der Waals surface area contributed by atoms with Crippen LogP contribution in [0.1, 0.15) is 21.8 Å². The Bertz CT molecular complexity index is 1540. The van der Waals surface area contributed by atoms with Crippen LogP contribution in [0.25, 0.3) is 10.2 Å². The second kappa shape index (κ2) is 9.84. The van der Waals surface area contributed by atoms with Gasteiger partial charge in [-0.15, -0.1) is 23.2 Å². The van der Waals surface area contributed by atoms with E-state index in [0.717, 1.165) is 23.5 Å². The maximum absolute atomic E-state index is 13.5. The van der Waals surface area contributed by atoms with Gasteiger partial charge in [0.15, 0.2) is 16.8 Å². The maximum Gasteiger partial charge on any atom is 0.259 e. The number of hydrogen-bond acceptors (Lipinski definition) is 4. The highest BCUT2D eigenvalue weighted by Gasteiger charge is 2.67. The van der Waals surface area contributed by atoms with E-state index in [4.69, 9.17) is 58.0 Å². The molecule has 1 saturated carbocycles. The van der Waals surface area contributed by atoms with Gasteiger partial charge in [0.2, 0.25) is 5.91 Å². The molecule has 1 aromatic heterocycles. The smallest absolute Gasteiger partial charge is 0.259 e. The van der Waals surface area contributed by atoms with Gasteiger partial charge in [0, 0.05) is 27.7 Å². The molecule has 2 N–H and O–H groups in total. The van der Waals surface area contributed by atoms with E-state index >= 15 is 0 Å². The Morgan fingerprint density at radius 2 is 1.59 bits per heavy atom. The zero-order valence-electron chi connectivity index (χ0n) is 18.1. The zero-order valence-corrected chi connectivity index (χ0v) is 22.7. The van der Waals surface area contributed by atoms with Gasteiger partial charge < -0.3 is 5.32 Å². The number of halogens is 7. The molecule has 0 aliphatic heterocycles. The zero-order chi connectivity index (χ0) is 26.6. The Hall–Kier alpha value is -2.20. The standard InChI is InChI=1S/C24H12Cl5F2N3O2S/c25-10-3-9(4-11(26)5-10)19-20(24(19,28)29)22(36)32-12-1-2-14(27)13(6-12)21(35)34-23-33-17-7-15(30)16(31)8-18(17)37-23/h1-8,19-20H,(H,32,36)(H,33,34,35)/t19-,20+/m0/s1. The Labute approximate surface area is 237 Å². The number of benzene rings is 3. The fourth-order valence-corrected chi connectivity index (χ4v) is 6.40. The summed E-state index contributed by atoms with van der Waals surface area (Å²) < 4.78 is 25.9. The van der Waals surface area contributed by atoms with Crippen LogP contribution >= 0.6 is 69.3 Å². The summed E-state index contributed by atoms with van der Waals surface area (Å²) in [5, 5.41) is 6.25. The number of anilines is 2. The van der Waals surface area contributed by atoms with Gasteiger partial charge in [-0.05, 0) is 48.0 Å². The van der Waals surface area contributed by atoms with Crippen LogP contribution in [0.15, 0.2) is 48.5 Å². The summed E-state index contributed by atoms with van der Waals surface area (Å²) >= 11 is 32.1. The van der Waals surface area contributed by atoms with Crippen molar-refractivity contribution in [2.24, 2.45) is 5.92 Å². The summed E-state index contributed by atoms with van der Waals surface area (Å²) in [4.78, 5) is 30.0. The number of thiazole rings is 1. The average Bonchev–Trinajstić information content (AvgIpc) is 3.19. The van der Waals surface area contributed by atoms with Crippen LogP contribution in [0, 0.1) is 17.6 Å². The number of aromatic nitrogens is 1. The molecule has 4 aromatic rings. The lowest BCUT2D eigenvalue weighted by atomic mass is 10.1. The molecular formula is C24H12Cl5F2N3O2S. The van der Waals surface area contributed by atoms with E-state index in [2.05, 4.69) is 15.6 Å². The predicted molar refractivity (Wildman–Crippen MR) is 145 cm³/mol. The van der Waals surface area contributed by atoms with E-state index in [9.17, 15) is 18.4 Å². The van der Waals surface area contributed by atoms with Gasteiger partial charge in [-0.3, -0.25) is 14.9 Å². The third kappa shape index (κ3) is 5.24. The minimum absolute atomic E-state index is 0.0352. The molecule has 5 nitrogen and oxygen atoms in total. The minimum Gasteiger partial charge on any atom is -0.326 e. The second-order valence-corrected chi connectivity index (χ2v) is 12.0. The van der Waals surface area contributed by atoms with Gasteiger partial charge in [-0.2, -0.15) is 0 Å². The molecule has 0 radical (unpaired) electrons. The number of alkyl halides is 2. The number of rotatable bonds is 5. The van der Waals surface area contributed by atoms with Crippen molar-refractivity contribution < 1.29 is 18.4 Å². The van der Waals surface area contributed by atoms with Crippen molar-refractivity contribution >= 4 is 102 Å². The third-order valence-electron chi connectivity index (χ3n) is 5.71. The van der Waals surface area contributed by atoms with Crippen molar-refractivity contribution in [1.29, 1.82) is 0 Å². The highest BCUT2D eigenvalue weighted by molar-refractivity contribution is 7.22. The SMILES string of the molecule is O=C(Nc1nc2cc(F)c(F)cc2s1)c1cc(NC(=O)[C@H]2[C@H](c3cc(Cl)cc(Cl)c3)C2(Cl)Cl)ccc1Cl. The molecule has 0 saturated heterocycles. The fourth-order valence-electron chi connectivity index (χ4n) is 3.96. The van der Waals surface area contributed by atoms with Crippen molar-refractivity contribution in [2.45, 2.75) is 10.3 Å². The van der Waals surface area contributed by atoms with Gasteiger partial charge in [-0.1, -0.05) is 46.1 Å². The maximum atomic E-state index is 13.5. The van der Waals surface area contributed by atoms with Crippen molar-refractivity contribution in [3.8, 4) is 0 Å². The van der Waals surface area contributed by atoms with Crippen molar-refractivity contribution in [1.82, 2.24) is 4.98 Å². The molecule has 3 aromatic carbocycles. The van der Waals surface area contributed by atoms with Crippen molar-refractivity contribution in [3.05, 3.63) is 86.4 Å². The number of hydrogen-bond donors (Lipinski definition) is 2. The molecule has 2 atom stereocenters. The molecule has 0 unspecified atom stereocenters. The van der Waals surface area contributed by atoms with Gasteiger partial charge in [0.25, 0.3) is 5.91 Å². The van der Waals surface area contributed by atoms with Crippen LogP contribution in [0.4, 0.5) is 19.6 Å². The first-order chi connectivity index (χ1) is 17.4. The largest absolute Gasteiger partial charge is 0.326 e. The van der Waals surface area contributed by atoms with E-state index in [1.165, 1.54) is 18.2 Å². The molecule has 190 valence electrons. The molecule has 0 bridgehead atoms. The van der Waals surface area contributed by atoms with E-state index in [0.29, 0.717) is 20.3 Å². The summed E-state index contributed by atoms with van der Waals surface area (Å²) in [6.07, 6.45) is 0. The van der Waals surface area contributed by atoms with Gasteiger partial charge in [0.1, 0.15) is 4.33 Å². The van der Waals surface area contributed by atoms with E-state index in [-0.39, 0.29) is 26.9 Å². The second-order valence-electron chi connectivity index (χ2n) is 8.22. The quantitative estimate of drug-likeness (QED) is 0.220. The van der Waals surface area contributed by atoms with Gasteiger partial charge in [-0.25, -0.2) is 13.8 Å². The van der Waals surface area contributed by atoms with Crippen LogP contribution in [0.3, 0.4) is 0 Å². The third-order valence-corrected chi connectivity index (χ3v) is 8.35. The number of carbonyl (C=O) groups excluding carboxylic acids is 2. The Morgan fingerprint density at radius 1 is 0.919 bits per heavy atom. The molecule has 1 heterocycles. The number of fused-ring (bicyclic) bond motifs is 1. The lowest BCUT2D eigenvalue weighted by Crippen LogP contribution is -2.18. The average molecular weight is 622 g/mol. The lowest BCUT2D eigenvalue weighted by Gasteiger charge is -2.09. The number of nitrogens with zero attached hydrogens (tertiary/aromatic N) is 1. The van der Waals surface area contributed by atoms with Gasteiger partial charge in [0.05, 0.1) is 26.7 Å². The normalized spacial score (nSPS) is 18.0. The van der Waals surface area contributed by atoms with Crippen LogP contribution in [0.5, 0.6) is 0 Å². The molecule has 1 aliphatic carbocycles. The van der Waals surface area contributed by atoms with E-state index in [1.54, 1.807) is 18.2 Å². The van der Waals surface area contributed by atoms with Crippen LogP contribution in [0.2, 0.25) is 15.1 Å². The summed E-state index contributed by atoms with van der Waals surface area (Å²) in [5.74, 6) is -4.53. The van der Waals surface area contributed by atoms with Crippen LogP contribution < -0.4 is 10.6 Å². The topological polar surface area (TPSA) is 71.1 Å². The highest BCUT2D eigenvalue weighted by atomic mass is 35.5. The van der Waals surface area contributed by atoms with Crippen molar-refractivity contribution in [2.75, 3.05) is 10.6 Å². The molecule has 5 rings (SSSR count). The number of nitrogens with one attached hydrogen (secondary N) is 2. The Morgan fingerprint density at radius 3 is 2.30 bits per heavy atom. The van der Waals surface area contributed by atoms with E-state index < -0.39 is 39.6 Å². The first-order valence-electron chi connectivity index (χ1n) is 10.4. The molecule has 1 aliphatic rings. The molecule has 1 fully saturated rings. The Kier molecular flexibility index (Phi) is 7.02. The first-order valence-corrected chi connectivity index (χ1v) is 13.2. The highest BCUT2D eigenvalue weighted by Crippen LogP contribution is 2.65. The fraction of sp³-hybridized carbons (Fsp3) is 0.125. The minimum atomic E-state index is -1.38. The number of carbonyl (C=O) groups is 2. The summed E-state index contributed by atoms with van der Waals surface area (Å²) in [5.41, 5.74) is 1.12. The van der Waals surface area contributed by atoms with Crippen LogP contribution in [-0.2, 0) is 4.79 Å². The van der Waals surface area contributed by atoms with Crippen LogP contribution in [-0.4, -0.2) is 21.1 Å². The summed E-state index contributed by atoms with van der Waals surface area (Å²) in [6.45, 7) is 0.